The second kappa shape index (κ2) is 31.5. The van der Waals surface area contributed by atoms with Gasteiger partial charge in [0.05, 0.1) is 28.1 Å². The van der Waals surface area contributed by atoms with Gasteiger partial charge in [0.25, 0.3) is 0 Å². The van der Waals surface area contributed by atoms with Crippen LogP contribution in [0.25, 0.3) is 32.3 Å². The lowest BCUT2D eigenvalue weighted by Gasteiger charge is -2.20. The Hall–Kier alpha value is -9.11. The standard InChI is InChI=1S/C16H18O3.2C15H16O3.2C12H16O3/c1-4-16(2,3)15(18)19-14-10-6-7-11-12(14)8-5-9-13(11)17;1-3-10(2)15(17)18-14-9-5-6-11-12(14)7-4-8-13(11)16;1-3-10(2)15(17)18-14-7-5-11-8-13(16)6-4-12(11)9-14;1-4-12(2,3)11(14)15-10-7-5-6-9(13)8-10;1-4-12(2,3)11(14)15-10-8-6-5-7-9(10)13/h5-10,17H,4H2,1-3H3;2*4-10,16H,3H2,1-2H3;2*5-8,13H,4H2,1-3H3. The van der Waals surface area contributed by atoms with Gasteiger partial charge in [-0.25, -0.2) is 0 Å². The van der Waals surface area contributed by atoms with Gasteiger partial charge in [0, 0.05) is 27.6 Å². The number of esters is 5. The third-order valence-electron chi connectivity index (χ3n) is 14.6. The van der Waals surface area contributed by atoms with E-state index in [9.17, 15) is 49.5 Å². The number of benzene rings is 8. The molecule has 0 bridgehead atoms. The van der Waals surface area contributed by atoms with Crippen LogP contribution in [-0.4, -0.2) is 55.4 Å². The number of ether oxygens (including phenoxy) is 5. The fourth-order valence-electron chi connectivity index (χ4n) is 6.99. The molecule has 0 aliphatic rings. The van der Waals surface area contributed by atoms with Crippen LogP contribution in [0.1, 0.15) is 122 Å². The number of aromatic hydroxyl groups is 5. The summed E-state index contributed by atoms with van der Waals surface area (Å²) < 4.78 is 26.4. The molecule has 0 aromatic heterocycles. The number of hydrogen-bond acceptors (Lipinski definition) is 15. The van der Waals surface area contributed by atoms with Crippen LogP contribution in [-0.2, 0) is 24.0 Å². The zero-order valence-electron chi connectivity index (χ0n) is 51.0. The van der Waals surface area contributed by atoms with Crippen molar-refractivity contribution in [2.24, 2.45) is 28.1 Å². The Morgan fingerprint density at radius 1 is 0.365 bits per heavy atom. The van der Waals surface area contributed by atoms with Gasteiger partial charge in [-0.3, -0.25) is 24.0 Å². The number of rotatable bonds is 15. The molecular weight excluding hydrogens is 1080 g/mol. The van der Waals surface area contributed by atoms with Crippen LogP contribution in [0.5, 0.6) is 57.5 Å². The number of hydrogen-bond donors (Lipinski definition) is 5. The second-order valence-corrected chi connectivity index (χ2v) is 22.3. The Kier molecular flexibility index (Phi) is 25.4. The maximum atomic E-state index is 12.1. The Balaban J connectivity index is 0.000000229. The van der Waals surface area contributed by atoms with Gasteiger partial charge < -0.3 is 49.2 Å². The summed E-state index contributed by atoms with van der Waals surface area (Å²) in [6.45, 7) is 24.4. The molecule has 15 nitrogen and oxygen atoms in total. The van der Waals surface area contributed by atoms with Crippen molar-refractivity contribution in [2.75, 3.05) is 0 Å². The average Bonchev–Trinajstić information content (AvgIpc) is 3.43. The number of carbonyl (C=O) groups is 5. The first-order valence-electron chi connectivity index (χ1n) is 28.4. The third-order valence-corrected chi connectivity index (χ3v) is 14.6. The molecule has 5 N–H and O–H groups in total. The predicted molar refractivity (Wildman–Crippen MR) is 332 cm³/mol. The summed E-state index contributed by atoms with van der Waals surface area (Å²) in [5.41, 5.74) is -1.53. The van der Waals surface area contributed by atoms with Crippen molar-refractivity contribution < 1.29 is 73.2 Å². The van der Waals surface area contributed by atoms with Crippen molar-refractivity contribution in [2.45, 2.75) is 122 Å². The molecule has 8 aromatic carbocycles. The summed E-state index contributed by atoms with van der Waals surface area (Å²) in [6.07, 6.45) is 3.63. The zero-order valence-corrected chi connectivity index (χ0v) is 51.0. The molecule has 0 amide bonds. The van der Waals surface area contributed by atoms with Gasteiger partial charge >= 0.3 is 29.8 Å². The number of para-hydroxylation sites is 2. The average molecular weight is 1160 g/mol. The van der Waals surface area contributed by atoms with Crippen LogP contribution < -0.4 is 23.7 Å². The van der Waals surface area contributed by atoms with Crippen molar-refractivity contribution in [1.29, 1.82) is 0 Å². The lowest BCUT2D eigenvalue weighted by molar-refractivity contribution is -0.145. The molecule has 8 aromatic rings. The smallest absolute Gasteiger partial charge is 0.317 e. The Morgan fingerprint density at radius 3 is 1.24 bits per heavy atom. The van der Waals surface area contributed by atoms with Crippen molar-refractivity contribution in [3.63, 3.8) is 0 Å². The van der Waals surface area contributed by atoms with Crippen molar-refractivity contribution in [3.05, 3.63) is 158 Å². The highest BCUT2D eigenvalue weighted by Gasteiger charge is 2.30. The lowest BCUT2D eigenvalue weighted by Crippen LogP contribution is -2.28. The molecule has 0 spiro atoms. The van der Waals surface area contributed by atoms with Crippen LogP contribution in [0.15, 0.2) is 158 Å². The fourth-order valence-corrected chi connectivity index (χ4v) is 6.99. The molecule has 85 heavy (non-hydrogen) atoms. The van der Waals surface area contributed by atoms with Crippen LogP contribution in [0.2, 0.25) is 0 Å². The van der Waals surface area contributed by atoms with Gasteiger partial charge in [0.2, 0.25) is 0 Å². The monoisotopic (exact) mass is 1160 g/mol. The molecule has 2 atom stereocenters. The molecule has 0 saturated carbocycles. The number of phenols is 5. The van der Waals surface area contributed by atoms with E-state index in [2.05, 4.69) is 0 Å². The molecule has 8 rings (SSSR count). The topological polar surface area (TPSA) is 233 Å². The van der Waals surface area contributed by atoms with Gasteiger partial charge in [-0.2, -0.15) is 0 Å². The summed E-state index contributed by atoms with van der Waals surface area (Å²) in [5, 5.41) is 52.2. The summed E-state index contributed by atoms with van der Waals surface area (Å²) >= 11 is 0. The first kappa shape index (κ1) is 68.4. The van der Waals surface area contributed by atoms with E-state index in [1.165, 1.54) is 18.2 Å². The summed E-state index contributed by atoms with van der Waals surface area (Å²) in [4.78, 5) is 58.9. The number of carbonyl (C=O) groups excluding carboxylic acids is 5. The molecule has 0 saturated heterocycles. The van der Waals surface area contributed by atoms with Crippen LogP contribution in [0, 0.1) is 28.1 Å². The van der Waals surface area contributed by atoms with E-state index in [1.54, 1.807) is 121 Å². The molecule has 0 aliphatic carbocycles. The Morgan fingerprint density at radius 2 is 0.741 bits per heavy atom. The number of phenolic OH excluding ortho intramolecular Hbond substituents is 5. The SMILES string of the molecule is CCC(C)(C)C(=O)Oc1cccc(O)c1.CCC(C)(C)C(=O)Oc1cccc2c(O)cccc12.CCC(C)(C)C(=O)Oc1ccccc1O.CCC(C)C(=O)Oc1ccc2cc(O)ccc2c1.CCC(C)C(=O)Oc1cccc2c(O)cccc12. The predicted octanol–water partition coefficient (Wildman–Crippen LogP) is 16.3. The highest BCUT2D eigenvalue weighted by Crippen LogP contribution is 2.35. The molecule has 0 heterocycles. The van der Waals surface area contributed by atoms with Gasteiger partial charge in [-0.1, -0.05) is 127 Å². The molecule has 2 unspecified atom stereocenters. The summed E-state index contributed by atoms with van der Waals surface area (Å²) in [5.74, 6) is 1.24. The van der Waals surface area contributed by atoms with Gasteiger partial charge in [0.1, 0.15) is 46.0 Å². The summed E-state index contributed by atoms with van der Waals surface area (Å²) in [6, 6.07) is 44.1. The third kappa shape index (κ3) is 20.0. The molecule has 0 fully saturated rings. The van der Waals surface area contributed by atoms with Crippen LogP contribution in [0.3, 0.4) is 0 Å². The molecule has 0 aliphatic heterocycles. The summed E-state index contributed by atoms with van der Waals surface area (Å²) in [7, 11) is 0. The zero-order chi connectivity index (χ0) is 63.2. The first-order chi connectivity index (χ1) is 40.1. The molecule has 0 radical (unpaired) electrons. The van der Waals surface area contributed by atoms with Crippen LogP contribution >= 0.6 is 0 Å². The lowest BCUT2D eigenvalue weighted by atomic mass is 9.90. The maximum absolute atomic E-state index is 12.1. The normalized spacial score (nSPS) is 11.7. The highest BCUT2D eigenvalue weighted by atomic mass is 16.6. The minimum absolute atomic E-state index is 0.0160. The van der Waals surface area contributed by atoms with Crippen molar-refractivity contribution in [1.82, 2.24) is 0 Å². The van der Waals surface area contributed by atoms with E-state index in [-0.39, 0.29) is 76.2 Å². The van der Waals surface area contributed by atoms with Gasteiger partial charge in [-0.05, 0) is 157 Å². The Bertz CT molecular complexity index is 3540. The maximum Gasteiger partial charge on any atom is 0.317 e. The van der Waals surface area contributed by atoms with Gasteiger partial charge in [0.15, 0.2) is 11.5 Å². The van der Waals surface area contributed by atoms with E-state index in [0.29, 0.717) is 53.0 Å². The minimum atomic E-state index is -0.526. The van der Waals surface area contributed by atoms with Crippen molar-refractivity contribution >= 4 is 62.2 Å². The van der Waals surface area contributed by atoms with E-state index < -0.39 is 16.2 Å². The number of fused-ring (bicyclic) bond motifs is 3. The van der Waals surface area contributed by atoms with E-state index >= 15 is 0 Å². The second-order valence-electron chi connectivity index (χ2n) is 22.3. The van der Waals surface area contributed by atoms with E-state index in [0.717, 1.165) is 34.4 Å². The first-order valence-corrected chi connectivity index (χ1v) is 28.4. The van der Waals surface area contributed by atoms with Crippen molar-refractivity contribution in [3.8, 4) is 57.5 Å². The largest absolute Gasteiger partial charge is 0.508 e. The minimum Gasteiger partial charge on any atom is -0.508 e. The van der Waals surface area contributed by atoms with E-state index in [1.807, 2.05) is 108 Å². The quantitative estimate of drug-likeness (QED) is 0.0474. The van der Waals surface area contributed by atoms with E-state index in [4.69, 9.17) is 23.7 Å². The fraction of sp³-hybridized carbons (Fsp3) is 0.329. The Labute approximate surface area is 498 Å². The molecule has 452 valence electrons. The molecule has 15 heteroatoms. The molecular formula is C70H82O15. The van der Waals surface area contributed by atoms with Gasteiger partial charge in [-0.15, -0.1) is 0 Å². The highest BCUT2D eigenvalue weighted by molar-refractivity contribution is 5.96. The van der Waals surface area contributed by atoms with Crippen LogP contribution in [0.4, 0.5) is 0 Å².